The first-order valence-electron chi connectivity index (χ1n) is 10.9. The number of nitrogens with one attached hydrogen (secondary N) is 2. The van der Waals surface area contributed by atoms with E-state index in [9.17, 15) is 14.9 Å². The Morgan fingerprint density at radius 1 is 1.00 bits per heavy atom. The Morgan fingerprint density at radius 2 is 1.71 bits per heavy atom. The Kier molecular flexibility index (Phi) is 7.41. The van der Waals surface area contributed by atoms with Crippen LogP contribution >= 0.6 is 11.8 Å². The second-order valence-electron chi connectivity index (χ2n) is 7.96. The highest BCUT2D eigenvalue weighted by Gasteiger charge is 2.17. The van der Waals surface area contributed by atoms with Crippen molar-refractivity contribution in [2.45, 2.75) is 31.3 Å². The van der Waals surface area contributed by atoms with E-state index in [2.05, 4.69) is 26.9 Å². The van der Waals surface area contributed by atoms with E-state index in [1.54, 1.807) is 16.7 Å². The fourth-order valence-corrected chi connectivity index (χ4v) is 4.41. The van der Waals surface area contributed by atoms with Gasteiger partial charge < -0.3 is 10.6 Å². The van der Waals surface area contributed by atoms with E-state index in [0.29, 0.717) is 28.1 Å². The van der Waals surface area contributed by atoms with Crippen LogP contribution in [0.4, 0.5) is 16.2 Å². The van der Waals surface area contributed by atoms with Gasteiger partial charge in [-0.25, -0.2) is 4.79 Å². The average molecular weight is 489 g/mol. The third kappa shape index (κ3) is 6.24. The van der Waals surface area contributed by atoms with Crippen LogP contribution in [0, 0.1) is 24.0 Å². The number of nitrogens with zero attached hydrogens (tertiary/aromatic N) is 4. The van der Waals surface area contributed by atoms with Crippen molar-refractivity contribution in [2.24, 2.45) is 0 Å². The SMILES string of the molecule is Cc1cccc(CSc2nnc(CNC(=O)Nc3cccc(C)c3)n2-c2ccc([N+](=O)[O-])cc2)c1. The van der Waals surface area contributed by atoms with Gasteiger partial charge in [0.15, 0.2) is 11.0 Å². The zero-order valence-corrected chi connectivity index (χ0v) is 20.1. The summed E-state index contributed by atoms with van der Waals surface area (Å²) in [6.07, 6.45) is 0. The molecule has 4 aromatic rings. The van der Waals surface area contributed by atoms with Crippen molar-refractivity contribution < 1.29 is 9.72 Å². The van der Waals surface area contributed by atoms with Gasteiger partial charge in [-0.2, -0.15) is 0 Å². The van der Waals surface area contributed by atoms with Gasteiger partial charge in [-0.3, -0.25) is 14.7 Å². The van der Waals surface area contributed by atoms with Gasteiger partial charge in [0.2, 0.25) is 0 Å². The molecule has 0 fully saturated rings. The van der Waals surface area contributed by atoms with E-state index >= 15 is 0 Å². The summed E-state index contributed by atoms with van der Waals surface area (Å²) in [7, 11) is 0. The minimum Gasteiger partial charge on any atom is -0.331 e. The molecule has 0 aliphatic heterocycles. The lowest BCUT2D eigenvalue weighted by atomic mass is 10.2. The van der Waals surface area contributed by atoms with Crippen molar-refractivity contribution in [1.82, 2.24) is 20.1 Å². The quantitative estimate of drug-likeness (QED) is 0.195. The van der Waals surface area contributed by atoms with Gasteiger partial charge in [0.25, 0.3) is 5.69 Å². The van der Waals surface area contributed by atoms with Gasteiger partial charge in [-0.05, 0) is 49.2 Å². The van der Waals surface area contributed by atoms with Crippen LogP contribution in [0.15, 0.2) is 78.0 Å². The molecule has 0 aliphatic carbocycles. The van der Waals surface area contributed by atoms with Crippen molar-refractivity contribution in [3.63, 3.8) is 0 Å². The Hall–Kier alpha value is -4.18. The molecule has 2 amide bonds. The number of nitro benzene ring substituents is 1. The monoisotopic (exact) mass is 488 g/mol. The molecule has 0 atom stereocenters. The summed E-state index contributed by atoms with van der Waals surface area (Å²) in [5, 5.41) is 25.9. The predicted molar refractivity (Wildman–Crippen MR) is 136 cm³/mol. The average Bonchev–Trinajstić information content (AvgIpc) is 3.24. The van der Waals surface area contributed by atoms with Crippen LogP contribution in [-0.2, 0) is 12.3 Å². The number of thioether (sulfide) groups is 1. The summed E-state index contributed by atoms with van der Waals surface area (Å²) in [6, 6.07) is 21.5. The lowest BCUT2D eigenvalue weighted by Gasteiger charge is -2.12. The molecule has 35 heavy (non-hydrogen) atoms. The Morgan fingerprint density at radius 3 is 2.40 bits per heavy atom. The molecule has 9 nitrogen and oxygen atoms in total. The number of carbonyl (C=O) groups excluding carboxylic acids is 1. The maximum Gasteiger partial charge on any atom is 0.319 e. The molecule has 4 rings (SSSR count). The maximum atomic E-state index is 12.5. The highest BCUT2D eigenvalue weighted by Crippen LogP contribution is 2.26. The highest BCUT2D eigenvalue weighted by molar-refractivity contribution is 7.98. The molecule has 0 aliphatic rings. The summed E-state index contributed by atoms with van der Waals surface area (Å²) in [6.45, 7) is 4.11. The highest BCUT2D eigenvalue weighted by atomic mass is 32.2. The molecule has 1 aromatic heterocycles. The number of rotatable bonds is 8. The first-order valence-corrected chi connectivity index (χ1v) is 11.9. The fourth-order valence-electron chi connectivity index (χ4n) is 3.50. The van der Waals surface area contributed by atoms with E-state index in [1.165, 1.54) is 29.5 Å². The van der Waals surface area contributed by atoms with Crippen molar-refractivity contribution >= 4 is 29.2 Å². The Bertz CT molecular complexity index is 1350. The zero-order valence-electron chi connectivity index (χ0n) is 19.3. The molecule has 0 radical (unpaired) electrons. The minimum atomic E-state index is -0.443. The minimum absolute atomic E-state index is 0.00649. The second kappa shape index (κ2) is 10.8. The second-order valence-corrected chi connectivity index (χ2v) is 8.91. The predicted octanol–water partition coefficient (Wildman–Crippen LogP) is 5.41. The lowest BCUT2D eigenvalue weighted by molar-refractivity contribution is -0.384. The molecule has 0 spiro atoms. The molecular formula is C25H24N6O3S. The summed E-state index contributed by atoms with van der Waals surface area (Å²) >= 11 is 1.50. The van der Waals surface area contributed by atoms with Crippen molar-refractivity contribution in [2.75, 3.05) is 5.32 Å². The topological polar surface area (TPSA) is 115 Å². The number of aromatic nitrogens is 3. The molecule has 2 N–H and O–H groups in total. The number of amides is 2. The van der Waals surface area contributed by atoms with Crippen LogP contribution in [0.3, 0.4) is 0 Å². The van der Waals surface area contributed by atoms with Crippen LogP contribution in [0.25, 0.3) is 5.69 Å². The number of hydrogen-bond donors (Lipinski definition) is 2. The maximum absolute atomic E-state index is 12.5. The summed E-state index contributed by atoms with van der Waals surface area (Å²) in [5.74, 6) is 1.18. The van der Waals surface area contributed by atoms with Crippen LogP contribution in [0.5, 0.6) is 0 Å². The van der Waals surface area contributed by atoms with E-state index in [-0.39, 0.29) is 18.3 Å². The van der Waals surface area contributed by atoms with E-state index in [1.807, 2.05) is 56.3 Å². The number of hydrogen-bond acceptors (Lipinski definition) is 6. The molecule has 0 saturated carbocycles. The molecule has 0 unspecified atom stereocenters. The largest absolute Gasteiger partial charge is 0.331 e. The summed E-state index contributed by atoms with van der Waals surface area (Å²) < 4.78 is 1.80. The number of nitro groups is 1. The van der Waals surface area contributed by atoms with E-state index in [4.69, 9.17) is 0 Å². The van der Waals surface area contributed by atoms with Crippen LogP contribution in [0.1, 0.15) is 22.5 Å². The van der Waals surface area contributed by atoms with Gasteiger partial charge >= 0.3 is 6.03 Å². The Labute approximate surface area is 206 Å². The third-order valence-corrected chi connectivity index (χ3v) is 6.15. The number of anilines is 1. The van der Waals surface area contributed by atoms with Gasteiger partial charge in [0.1, 0.15) is 0 Å². The molecule has 3 aromatic carbocycles. The normalized spacial score (nSPS) is 10.7. The van der Waals surface area contributed by atoms with Gasteiger partial charge in [-0.1, -0.05) is 53.7 Å². The van der Waals surface area contributed by atoms with Crippen LogP contribution in [0.2, 0.25) is 0 Å². The first kappa shape index (κ1) is 24.0. The number of urea groups is 1. The number of aryl methyl sites for hydroxylation is 2. The van der Waals surface area contributed by atoms with E-state index < -0.39 is 4.92 Å². The Balaban J connectivity index is 1.54. The van der Waals surface area contributed by atoms with Crippen molar-refractivity contribution in [3.8, 4) is 5.69 Å². The van der Waals surface area contributed by atoms with Crippen molar-refractivity contribution in [3.05, 3.63) is 105 Å². The summed E-state index contributed by atoms with van der Waals surface area (Å²) in [5.41, 5.74) is 4.70. The smallest absolute Gasteiger partial charge is 0.319 e. The third-order valence-electron chi connectivity index (χ3n) is 5.15. The van der Waals surface area contributed by atoms with Gasteiger partial charge in [-0.15, -0.1) is 10.2 Å². The van der Waals surface area contributed by atoms with Crippen LogP contribution < -0.4 is 10.6 Å². The molecule has 0 saturated heterocycles. The molecule has 0 bridgehead atoms. The van der Waals surface area contributed by atoms with Gasteiger partial charge in [0.05, 0.1) is 11.5 Å². The molecule has 1 heterocycles. The lowest BCUT2D eigenvalue weighted by Crippen LogP contribution is -2.29. The number of benzene rings is 3. The first-order chi connectivity index (χ1) is 16.9. The standard InChI is InChI=1S/C25H24N6O3S/c1-17-5-3-7-19(13-17)16-35-25-29-28-23(30(25)21-9-11-22(12-10-21)31(33)34)15-26-24(32)27-20-8-4-6-18(2)14-20/h3-14H,15-16H2,1-2H3,(H2,26,27,32). The molecular weight excluding hydrogens is 464 g/mol. The number of non-ortho nitro benzene ring substituents is 1. The number of carbonyl (C=O) groups is 1. The fraction of sp³-hybridized carbons (Fsp3) is 0.160. The molecule has 178 valence electrons. The summed E-state index contributed by atoms with van der Waals surface area (Å²) in [4.78, 5) is 23.1. The molecule has 10 heteroatoms. The van der Waals surface area contributed by atoms with E-state index in [0.717, 1.165) is 11.1 Å². The van der Waals surface area contributed by atoms with Gasteiger partial charge in [0, 0.05) is 29.3 Å². The van der Waals surface area contributed by atoms with Crippen LogP contribution in [-0.4, -0.2) is 25.7 Å². The zero-order chi connectivity index (χ0) is 24.8. The van der Waals surface area contributed by atoms with Crippen molar-refractivity contribution in [1.29, 1.82) is 0 Å².